The van der Waals surface area contributed by atoms with Gasteiger partial charge in [-0.2, -0.15) is 0 Å². The second kappa shape index (κ2) is 5.96. The number of carbonyl (C=O) groups is 1. The van der Waals surface area contributed by atoms with Crippen molar-refractivity contribution in [1.29, 1.82) is 0 Å². The van der Waals surface area contributed by atoms with Gasteiger partial charge < -0.3 is 10.2 Å². The maximum atomic E-state index is 12.5. The molecule has 108 valence electrons. The van der Waals surface area contributed by atoms with Crippen LogP contribution >= 0.6 is 0 Å². The van der Waals surface area contributed by atoms with Gasteiger partial charge in [0.15, 0.2) is 0 Å². The third-order valence-electron chi connectivity index (χ3n) is 4.78. The minimum absolute atomic E-state index is 0.272. The zero-order valence-corrected chi connectivity index (χ0v) is 12.3. The molecule has 3 heteroatoms. The van der Waals surface area contributed by atoms with E-state index in [0.717, 1.165) is 25.8 Å². The number of amides is 1. The zero-order valence-electron chi connectivity index (χ0n) is 12.3. The van der Waals surface area contributed by atoms with Crippen molar-refractivity contribution in [3.8, 4) is 0 Å². The number of nitrogens with zero attached hydrogens (tertiary/aromatic N) is 1. The van der Waals surface area contributed by atoms with Crippen molar-refractivity contribution in [2.24, 2.45) is 0 Å². The lowest BCUT2D eigenvalue weighted by atomic mass is 9.87. The molecule has 20 heavy (non-hydrogen) atoms. The van der Waals surface area contributed by atoms with Crippen molar-refractivity contribution in [2.75, 3.05) is 13.6 Å². The molecule has 3 nitrogen and oxygen atoms in total. The van der Waals surface area contributed by atoms with E-state index in [1.165, 1.54) is 24.0 Å². The summed E-state index contributed by atoms with van der Waals surface area (Å²) in [7, 11) is 1.98. The van der Waals surface area contributed by atoms with E-state index in [-0.39, 0.29) is 11.9 Å². The van der Waals surface area contributed by atoms with E-state index in [9.17, 15) is 4.79 Å². The van der Waals surface area contributed by atoms with Crippen LogP contribution in [0.2, 0.25) is 0 Å². The van der Waals surface area contributed by atoms with Gasteiger partial charge >= 0.3 is 0 Å². The molecule has 0 radical (unpaired) electrons. The van der Waals surface area contributed by atoms with E-state index in [1.54, 1.807) is 0 Å². The average molecular weight is 272 g/mol. The Labute approximate surface area is 121 Å². The monoisotopic (exact) mass is 272 g/mol. The summed E-state index contributed by atoms with van der Waals surface area (Å²) in [6.07, 6.45) is 6.42. The second-order valence-electron chi connectivity index (χ2n) is 6.11. The topological polar surface area (TPSA) is 32.3 Å². The summed E-state index contributed by atoms with van der Waals surface area (Å²) in [5, 5.41) is 3.42. The summed E-state index contributed by atoms with van der Waals surface area (Å²) in [6.45, 7) is 1.06. The maximum absolute atomic E-state index is 12.5. The van der Waals surface area contributed by atoms with E-state index >= 15 is 0 Å². The summed E-state index contributed by atoms with van der Waals surface area (Å²) in [5.41, 5.74) is 2.77. The van der Waals surface area contributed by atoms with Crippen molar-refractivity contribution >= 4 is 5.91 Å². The van der Waals surface area contributed by atoms with Gasteiger partial charge in [-0.05, 0) is 49.8 Å². The van der Waals surface area contributed by atoms with Crippen LogP contribution in [-0.4, -0.2) is 30.4 Å². The van der Waals surface area contributed by atoms with E-state index < -0.39 is 0 Å². The molecule has 2 aliphatic rings. The standard InChI is InChI=1S/C17H24N2O/c1-19(17(20)12-14-8-5-11-18-14)16-10-4-7-13-6-2-3-9-15(13)16/h2-3,6,9,14,16,18H,4-5,7-8,10-12H2,1H3. The first kappa shape index (κ1) is 13.6. The largest absolute Gasteiger partial charge is 0.339 e. The molecular formula is C17H24N2O. The third-order valence-corrected chi connectivity index (χ3v) is 4.78. The number of carbonyl (C=O) groups excluding carboxylic acids is 1. The van der Waals surface area contributed by atoms with Crippen molar-refractivity contribution in [3.05, 3.63) is 35.4 Å². The van der Waals surface area contributed by atoms with Crippen LogP contribution in [0.3, 0.4) is 0 Å². The average Bonchev–Trinajstić information content (AvgIpc) is 2.99. The van der Waals surface area contributed by atoms with Crippen molar-refractivity contribution in [1.82, 2.24) is 10.2 Å². The third kappa shape index (κ3) is 2.73. The summed E-state index contributed by atoms with van der Waals surface area (Å²) in [5.74, 6) is 0.283. The summed E-state index contributed by atoms with van der Waals surface area (Å²) < 4.78 is 0. The minimum Gasteiger partial charge on any atom is -0.339 e. The van der Waals surface area contributed by atoms with Crippen molar-refractivity contribution in [3.63, 3.8) is 0 Å². The maximum Gasteiger partial charge on any atom is 0.224 e. The number of hydrogen-bond acceptors (Lipinski definition) is 2. The zero-order chi connectivity index (χ0) is 13.9. The Morgan fingerprint density at radius 3 is 2.95 bits per heavy atom. The van der Waals surface area contributed by atoms with Gasteiger partial charge in [0, 0.05) is 19.5 Å². The Kier molecular flexibility index (Phi) is 4.06. The predicted octanol–water partition coefficient (Wildman–Crippen LogP) is 2.66. The molecule has 1 fully saturated rings. The van der Waals surface area contributed by atoms with Crippen molar-refractivity contribution < 1.29 is 4.79 Å². The quantitative estimate of drug-likeness (QED) is 0.917. The summed E-state index contributed by atoms with van der Waals surface area (Å²) >= 11 is 0. The SMILES string of the molecule is CN(C(=O)CC1CCCN1)C1CCCc2ccccc21. The molecule has 1 aromatic carbocycles. The van der Waals surface area contributed by atoms with Gasteiger partial charge in [0.05, 0.1) is 6.04 Å². The molecule has 1 saturated heterocycles. The number of nitrogens with one attached hydrogen (secondary N) is 1. The molecule has 2 atom stereocenters. The molecule has 1 aromatic rings. The molecule has 1 aliphatic carbocycles. The van der Waals surface area contributed by atoms with Gasteiger partial charge in [-0.25, -0.2) is 0 Å². The van der Waals surface area contributed by atoms with Crippen LogP contribution in [0.4, 0.5) is 0 Å². The fourth-order valence-corrected chi connectivity index (χ4v) is 3.59. The molecule has 1 N–H and O–H groups in total. The lowest BCUT2D eigenvalue weighted by Gasteiger charge is -2.34. The van der Waals surface area contributed by atoms with Gasteiger partial charge in [-0.3, -0.25) is 4.79 Å². The summed E-state index contributed by atoms with van der Waals surface area (Å²) in [6, 6.07) is 9.26. The van der Waals surface area contributed by atoms with Gasteiger partial charge in [0.25, 0.3) is 0 Å². The highest BCUT2D eigenvalue weighted by Gasteiger charge is 2.28. The highest BCUT2D eigenvalue weighted by atomic mass is 16.2. The number of aryl methyl sites for hydroxylation is 1. The van der Waals surface area contributed by atoms with Gasteiger partial charge in [-0.15, -0.1) is 0 Å². The van der Waals surface area contributed by atoms with Crippen LogP contribution < -0.4 is 5.32 Å². The van der Waals surface area contributed by atoms with E-state index in [0.29, 0.717) is 12.5 Å². The Morgan fingerprint density at radius 1 is 1.30 bits per heavy atom. The van der Waals surface area contributed by atoms with Gasteiger partial charge in [0.2, 0.25) is 5.91 Å². The molecule has 0 bridgehead atoms. The molecule has 0 saturated carbocycles. The Hall–Kier alpha value is -1.35. The molecule has 1 amide bonds. The van der Waals surface area contributed by atoms with Crippen LogP contribution in [0.15, 0.2) is 24.3 Å². The van der Waals surface area contributed by atoms with Crippen molar-refractivity contribution in [2.45, 2.75) is 50.6 Å². The normalized spacial score (nSPS) is 25.2. The number of benzene rings is 1. The Balaban J connectivity index is 1.70. The molecule has 1 aliphatic heterocycles. The lowest BCUT2D eigenvalue weighted by molar-refractivity contribution is -0.132. The fraction of sp³-hybridized carbons (Fsp3) is 0.588. The molecule has 1 heterocycles. The van der Waals surface area contributed by atoms with E-state index in [2.05, 4.69) is 29.6 Å². The number of fused-ring (bicyclic) bond motifs is 1. The van der Waals surface area contributed by atoms with Gasteiger partial charge in [-0.1, -0.05) is 24.3 Å². The fourth-order valence-electron chi connectivity index (χ4n) is 3.59. The molecular weight excluding hydrogens is 248 g/mol. The molecule has 0 aromatic heterocycles. The lowest BCUT2D eigenvalue weighted by Crippen LogP contribution is -2.37. The summed E-state index contributed by atoms with van der Waals surface area (Å²) in [4.78, 5) is 14.5. The molecule has 2 unspecified atom stereocenters. The van der Waals surface area contributed by atoms with Crippen LogP contribution in [0, 0.1) is 0 Å². The van der Waals surface area contributed by atoms with Crippen LogP contribution in [0.25, 0.3) is 0 Å². The predicted molar refractivity (Wildman–Crippen MR) is 80.5 cm³/mol. The smallest absolute Gasteiger partial charge is 0.224 e. The first-order chi connectivity index (χ1) is 9.75. The highest BCUT2D eigenvalue weighted by Crippen LogP contribution is 2.33. The van der Waals surface area contributed by atoms with Gasteiger partial charge in [0.1, 0.15) is 0 Å². The molecule has 3 rings (SSSR count). The number of rotatable bonds is 3. The number of hydrogen-bond donors (Lipinski definition) is 1. The van der Waals surface area contributed by atoms with E-state index in [4.69, 9.17) is 0 Å². The minimum atomic E-state index is 0.272. The van der Waals surface area contributed by atoms with Crippen LogP contribution in [-0.2, 0) is 11.2 Å². The second-order valence-corrected chi connectivity index (χ2v) is 6.11. The highest BCUT2D eigenvalue weighted by molar-refractivity contribution is 5.77. The first-order valence-corrected chi connectivity index (χ1v) is 7.82. The van der Waals surface area contributed by atoms with Crippen LogP contribution in [0.5, 0.6) is 0 Å². The Bertz CT molecular complexity index is 480. The van der Waals surface area contributed by atoms with Crippen LogP contribution in [0.1, 0.15) is 49.3 Å². The molecule has 0 spiro atoms. The first-order valence-electron chi connectivity index (χ1n) is 7.82. The van der Waals surface area contributed by atoms with E-state index in [1.807, 2.05) is 11.9 Å². The Morgan fingerprint density at radius 2 is 2.15 bits per heavy atom.